The largest absolute Gasteiger partial charge is 0.492 e. The van der Waals surface area contributed by atoms with Crippen molar-refractivity contribution in [3.63, 3.8) is 0 Å². The van der Waals surface area contributed by atoms with E-state index in [1.165, 1.54) is 12.1 Å². The van der Waals surface area contributed by atoms with Crippen LogP contribution in [0.5, 0.6) is 5.75 Å². The third-order valence-electron chi connectivity index (χ3n) is 2.07. The number of fused-ring (bicyclic) bond motifs is 1. The Kier molecular flexibility index (Phi) is 1.92. The summed E-state index contributed by atoms with van der Waals surface area (Å²) in [5, 5.41) is 10.6. The first kappa shape index (κ1) is 8.68. The number of nitro groups is 1. The van der Waals surface area contributed by atoms with Crippen LogP contribution < -0.4 is 4.74 Å². The van der Waals surface area contributed by atoms with E-state index in [0.717, 1.165) is 0 Å². The van der Waals surface area contributed by atoms with E-state index in [0.29, 0.717) is 12.4 Å². The Labute approximate surface area is 79.4 Å². The molecule has 0 saturated heterocycles. The highest BCUT2D eigenvalue weighted by Crippen LogP contribution is 2.32. The van der Waals surface area contributed by atoms with E-state index in [4.69, 9.17) is 4.74 Å². The van der Waals surface area contributed by atoms with E-state index < -0.39 is 4.92 Å². The Morgan fingerprint density at radius 3 is 2.93 bits per heavy atom. The Morgan fingerprint density at radius 1 is 1.43 bits per heavy atom. The first-order chi connectivity index (χ1) is 6.70. The number of Topliss-reactive ketones (excluding diaryl/α,β-unsaturated/α-hetero) is 1. The van der Waals surface area contributed by atoms with Crippen LogP contribution in [0.4, 0.5) is 5.69 Å². The van der Waals surface area contributed by atoms with Crippen LogP contribution in [0, 0.1) is 10.1 Å². The predicted molar refractivity (Wildman–Crippen MR) is 47.5 cm³/mol. The van der Waals surface area contributed by atoms with Crippen LogP contribution in [0.25, 0.3) is 0 Å². The Bertz CT molecular complexity index is 413. The molecule has 0 fully saturated rings. The lowest BCUT2D eigenvalue weighted by atomic mass is 10.0. The molecule has 72 valence electrons. The lowest BCUT2D eigenvalue weighted by Crippen LogP contribution is -2.16. The molecule has 0 aliphatic carbocycles. The minimum absolute atomic E-state index is 0.101. The second kappa shape index (κ2) is 3.10. The molecule has 0 unspecified atom stereocenters. The molecule has 1 aromatic rings. The van der Waals surface area contributed by atoms with E-state index in [-0.39, 0.29) is 23.5 Å². The van der Waals surface area contributed by atoms with Crippen molar-refractivity contribution in [2.24, 2.45) is 0 Å². The predicted octanol–water partition coefficient (Wildman–Crippen LogP) is 1.56. The SMILES string of the molecule is O=C1CCOc2cccc([N+](=O)[O-])c21. The molecule has 0 amide bonds. The second-order valence-electron chi connectivity index (χ2n) is 2.93. The molecule has 0 saturated carbocycles. The number of hydrogen-bond donors (Lipinski definition) is 0. The summed E-state index contributed by atoms with van der Waals surface area (Å²) in [5.74, 6) is 0.0917. The fourth-order valence-electron chi connectivity index (χ4n) is 1.45. The number of ketones is 1. The first-order valence-electron chi connectivity index (χ1n) is 4.13. The second-order valence-corrected chi connectivity index (χ2v) is 2.93. The van der Waals surface area contributed by atoms with Gasteiger partial charge in [0.2, 0.25) is 0 Å². The Balaban J connectivity index is 2.63. The lowest BCUT2D eigenvalue weighted by Gasteiger charge is -2.15. The number of carbonyl (C=O) groups is 1. The molecule has 0 atom stereocenters. The molecule has 0 aromatic heterocycles. The van der Waals surface area contributed by atoms with Crippen molar-refractivity contribution >= 4 is 11.5 Å². The summed E-state index contributed by atoms with van der Waals surface area (Å²) in [6.45, 7) is 0.299. The monoisotopic (exact) mass is 193 g/mol. The molecule has 1 aliphatic rings. The van der Waals surface area contributed by atoms with Gasteiger partial charge < -0.3 is 4.74 Å². The van der Waals surface area contributed by atoms with Crippen molar-refractivity contribution < 1.29 is 14.5 Å². The molecule has 0 N–H and O–H groups in total. The molecule has 1 heterocycles. The lowest BCUT2D eigenvalue weighted by molar-refractivity contribution is -0.385. The van der Waals surface area contributed by atoms with Crippen molar-refractivity contribution in [2.45, 2.75) is 6.42 Å². The van der Waals surface area contributed by atoms with Crippen molar-refractivity contribution in [3.8, 4) is 5.75 Å². The summed E-state index contributed by atoms with van der Waals surface area (Å²) >= 11 is 0. The van der Waals surface area contributed by atoms with Gasteiger partial charge in [0.1, 0.15) is 11.3 Å². The van der Waals surface area contributed by atoms with Gasteiger partial charge in [-0.15, -0.1) is 0 Å². The summed E-state index contributed by atoms with van der Waals surface area (Å²) in [4.78, 5) is 21.5. The van der Waals surface area contributed by atoms with Gasteiger partial charge in [0, 0.05) is 12.5 Å². The third-order valence-corrected chi connectivity index (χ3v) is 2.07. The molecule has 1 aromatic carbocycles. The van der Waals surface area contributed by atoms with Crippen molar-refractivity contribution in [3.05, 3.63) is 33.9 Å². The van der Waals surface area contributed by atoms with Crippen LogP contribution in [0.3, 0.4) is 0 Å². The van der Waals surface area contributed by atoms with Crippen LogP contribution in [0.1, 0.15) is 16.8 Å². The maximum atomic E-state index is 11.4. The molecular formula is C9H7NO4. The smallest absolute Gasteiger partial charge is 0.283 e. The summed E-state index contributed by atoms with van der Waals surface area (Å²) in [7, 11) is 0. The number of rotatable bonds is 1. The van der Waals surface area contributed by atoms with Gasteiger partial charge in [-0.2, -0.15) is 0 Å². The molecule has 14 heavy (non-hydrogen) atoms. The van der Waals surface area contributed by atoms with Crippen LogP contribution in [-0.4, -0.2) is 17.3 Å². The number of carbonyl (C=O) groups excluding carboxylic acids is 1. The molecule has 5 nitrogen and oxygen atoms in total. The molecule has 0 spiro atoms. The minimum Gasteiger partial charge on any atom is -0.492 e. The summed E-state index contributed by atoms with van der Waals surface area (Å²) in [6, 6.07) is 4.39. The maximum Gasteiger partial charge on any atom is 0.283 e. The van der Waals surface area contributed by atoms with Gasteiger partial charge in [-0.25, -0.2) is 0 Å². The first-order valence-corrected chi connectivity index (χ1v) is 4.13. The van der Waals surface area contributed by atoms with Crippen LogP contribution in [-0.2, 0) is 0 Å². The summed E-state index contributed by atoms with van der Waals surface area (Å²) in [6.07, 6.45) is 0.206. The fourth-order valence-corrected chi connectivity index (χ4v) is 1.45. The number of benzene rings is 1. The fraction of sp³-hybridized carbons (Fsp3) is 0.222. The molecule has 2 rings (SSSR count). The minimum atomic E-state index is -0.564. The van der Waals surface area contributed by atoms with E-state index in [1.54, 1.807) is 6.07 Å². The van der Waals surface area contributed by atoms with Crippen molar-refractivity contribution in [1.29, 1.82) is 0 Å². The Morgan fingerprint density at radius 2 is 2.21 bits per heavy atom. The van der Waals surface area contributed by atoms with Gasteiger partial charge in [-0.3, -0.25) is 14.9 Å². The number of nitrogens with zero attached hydrogens (tertiary/aromatic N) is 1. The number of ether oxygens (including phenoxy) is 1. The zero-order chi connectivity index (χ0) is 10.1. The van der Waals surface area contributed by atoms with Gasteiger partial charge in [0.05, 0.1) is 11.5 Å². The number of nitro benzene ring substituents is 1. The zero-order valence-electron chi connectivity index (χ0n) is 7.23. The quantitative estimate of drug-likeness (QED) is 0.501. The normalized spacial score (nSPS) is 14.4. The molecule has 0 bridgehead atoms. The zero-order valence-corrected chi connectivity index (χ0v) is 7.23. The molecule has 0 radical (unpaired) electrons. The van der Waals surface area contributed by atoms with Crippen molar-refractivity contribution in [1.82, 2.24) is 0 Å². The maximum absolute atomic E-state index is 11.4. The van der Waals surface area contributed by atoms with E-state index >= 15 is 0 Å². The van der Waals surface area contributed by atoms with Gasteiger partial charge in [-0.05, 0) is 6.07 Å². The third kappa shape index (κ3) is 1.22. The average molecular weight is 193 g/mol. The number of hydrogen-bond acceptors (Lipinski definition) is 4. The highest BCUT2D eigenvalue weighted by Gasteiger charge is 2.27. The standard InChI is InChI=1S/C9H7NO4/c11-7-4-5-14-8-3-1-2-6(9(7)8)10(12)13/h1-3H,4-5H2. The highest BCUT2D eigenvalue weighted by molar-refractivity contribution is 6.03. The average Bonchev–Trinajstić information content (AvgIpc) is 2.17. The topological polar surface area (TPSA) is 69.4 Å². The van der Waals surface area contributed by atoms with Crippen LogP contribution in [0.15, 0.2) is 18.2 Å². The highest BCUT2D eigenvalue weighted by atomic mass is 16.6. The van der Waals surface area contributed by atoms with E-state index in [2.05, 4.69) is 0 Å². The van der Waals surface area contributed by atoms with Gasteiger partial charge >= 0.3 is 0 Å². The molecule has 1 aliphatic heterocycles. The summed E-state index contributed by atoms with van der Waals surface area (Å²) in [5.41, 5.74) is -0.0732. The van der Waals surface area contributed by atoms with Crippen molar-refractivity contribution in [2.75, 3.05) is 6.61 Å². The van der Waals surface area contributed by atoms with E-state index in [1.807, 2.05) is 0 Å². The summed E-state index contributed by atoms with van der Waals surface area (Å²) < 4.78 is 5.16. The molecular weight excluding hydrogens is 186 g/mol. The Hall–Kier alpha value is -1.91. The van der Waals surface area contributed by atoms with Gasteiger partial charge in [-0.1, -0.05) is 6.07 Å². The van der Waals surface area contributed by atoms with Crippen LogP contribution in [0.2, 0.25) is 0 Å². The molecule has 5 heteroatoms. The van der Waals surface area contributed by atoms with Gasteiger partial charge in [0.25, 0.3) is 5.69 Å². The van der Waals surface area contributed by atoms with Gasteiger partial charge in [0.15, 0.2) is 5.78 Å². The van der Waals surface area contributed by atoms with E-state index in [9.17, 15) is 14.9 Å². The van der Waals surface area contributed by atoms with Crippen LogP contribution >= 0.6 is 0 Å².